The second-order valence-corrected chi connectivity index (χ2v) is 9.02. The van der Waals surface area contributed by atoms with E-state index in [0.29, 0.717) is 22.3 Å². The number of aryl methyl sites for hydroxylation is 1. The van der Waals surface area contributed by atoms with Gasteiger partial charge in [-0.15, -0.1) is 10.2 Å². The normalized spacial score (nSPS) is 18.4. The van der Waals surface area contributed by atoms with Crippen molar-refractivity contribution in [1.82, 2.24) is 19.7 Å². The van der Waals surface area contributed by atoms with Gasteiger partial charge < -0.3 is 14.4 Å². The molecule has 1 aromatic carbocycles. The van der Waals surface area contributed by atoms with Gasteiger partial charge >= 0.3 is 6.18 Å². The van der Waals surface area contributed by atoms with Crippen LogP contribution in [0.2, 0.25) is 0 Å². The van der Waals surface area contributed by atoms with Gasteiger partial charge in [0, 0.05) is 35.9 Å². The Balaban J connectivity index is 0.00000141. The van der Waals surface area contributed by atoms with Gasteiger partial charge in [-0.25, -0.2) is 0 Å². The first-order chi connectivity index (χ1) is 16.8. The van der Waals surface area contributed by atoms with Gasteiger partial charge in [-0.05, 0) is 54.7 Å². The summed E-state index contributed by atoms with van der Waals surface area (Å²) in [6.07, 6.45) is 5.62. The number of halogens is 4. The summed E-state index contributed by atoms with van der Waals surface area (Å²) in [5.74, 6) is 1.37. The molecule has 0 saturated heterocycles. The molecule has 2 aromatic rings. The number of hydrogen-bond donors (Lipinski definition) is 0. The minimum Gasteiger partial charge on any atom is -0.320 e. The second kappa shape index (κ2) is 9.93. The Labute approximate surface area is 206 Å². The number of alkyl halides is 3. The molecule has 0 spiro atoms. The summed E-state index contributed by atoms with van der Waals surface area (Å²) < 4.78 is 56.4. The van der Waals surface area contributed by atoms with Crippen LogP contribution in [-0.2, 0) is 7.05 Å². The number of benzene rings is 1. The van der Waals surface area contributed by atoms with Crippen LogP contribution < -0.4 is 4.90 Å². The first-order valence-corrected chi connectivity index (χ1v) is 12.2. The number of aromatic nitrogens is 3. The minimum atomic E-state index is -4.51. The van der Waals surface area contributed by atoms with Gasteiger partial charge in [-0.1, -0.05) is 26.8 Å². The lowest BCUT2D eigenvalue weighted by Gasteiger charge is -2.34. The van der Waals surface area contributed by atoms with Crippen LogP contribution in [0.4, 0.5) is 22.7 Å². The SMILES string of the molecule is C=C1N2C=CC=C(C(F)(F)F)C2=CN1c1cc(SF)cc(C(c2nncn2C)C2CCC2)c1.CC. The van der Waals surface area contributed by atoms with Crippen molar-refractivity contribution >= 4 is 17.8 Å². The van der Waals surface area contributed by atoms with E-state index in [9.17, 15) is 17.1 Å². The van der Waals surface area contributed by atoms with Crippen LogP contribution in [0.15, 0.2) is 77.6 Å². The van der Waals surface area contributed by atoms with E-state index in [1.807, 2.05) is 31.5 Å². The summed E-state index contributed by atoms with van der Waals surface area (Å²) in [6.45, 7) is 8.00. The predicted octanol–water partition coefficient (Wildman–Crippen LogP) is 7.20. The van der Waals surface area contributed by atoms with Crippen LogP contribution in [0.1, 0.15) is 50.4 Å². The highest BCUT2D eigenvalue weighted by Crippen LogP contribution is 2.46. The molecule has 5 rings (SSSR count). The summed E-state index contributed by atoms with van der Waals surface area (Å²) in [5.41, 5.74) is 0.627. The van der Waals surface area contributed by atoms with Crippen molar-refractivity contribution in [1.29, 1.82) is 0 Å². The predicted molar refractivity (Wildman–Crippen MR) is 130 cm³/mol. The van der Waals surface area contributed by atoms with E-state index in [4.69, 9.17) is 0 Å². The maximum Gasteiger partial charge on any atom is 0.418 e. The fraction of sp³-hybridized carbons (Fsp3) is 0.360. The van der Waals surface area contributed by atoms with E-state index < -0.39 is 11.7 Å². The Morgan fingerprint density at radius 3 is 2.46 bits per heavy atom. The van der Waals surface area contributed by atoms with Gasteiger partial charge in [0.05, 0.1) is 23.4 Å². The number of allylic oxidation sites excluding steroid dienone is 3. The first-order valence-electron chi connectivity index (χ1n) is 11.5. The van der Waals surface area contributed by atoms with E-state index in [0.717, 1.165) is 36.7 Å². The largest absolute Gasteiger partial charge is 0.418 e. The maximum atomic E-state index is 13.8. The molecule has 1 aliphatic carbocycles. The molecule has 1 fully saturated rings. The molecule has 0 bridgehead atoms. The summed E-state index contributed by atoms with van der Waals surface area (Å²) in [7, 11) is 1.87. The monoisotopic (exact) mass is 505 g/mol. The minimum absolute atomic E-state index is 0.0151. The maximum absolute atomic E-state index is 13.8. The van der Waals surface area contributed by atoms with E-state index in [-0.39, 0.29) is 23.8 Å². The van der Waals surface area contributed by atoms with E-state index in [2.05, 4.69) is 16.8 Å². The number of hydrogen-bond acceptors (Lipinski definition) is 5. The van der Waals surface area contributed by atoms with Crippen molar-refractivity contribution in [3.8, 4) is 0 Å². The molecule has 3 heterocycles. The van der Waals surface area contributed by atoms with Crippen LogP contribution >= 0.6 is 12.1 Å². The Bertz CT molecular complexity index is 1190. The van der Waals surface area contributed by atoms with Crippen molar-refractivity contribution in [3.05, 3.63) is 84.1 Å². The summed E-state index contributed by atoms with van der Waals surface area (Å²) in [4.78, 5) is 3.33. The van der Waals surface area contributed by atoms with Gasteiger partial charge in [0.15, 0.2) is 0 Å². The van der Waals surface area contributed by atoms with Crippen molar-refractivity contribution in [2.45, 2.75) is 50.1 Å². The van der Waals surface area contributed by atoms with Crippen LogP contribution in [0.3, 0.4) is 0 Å². The number of nitrogens with zero attached hydrogens (tertiary/aromatic N) is 5. The fourth-order valence-electron chi connectivity index (χ4n) is 4.60. The highest BCUT2D eigenvalue weighted by atomic mass is 32.2. The topological polar surface area (TPSA) is 37.2 Å². The molecule has 0 radical (unpaired) electrons. The third-order valence-electron chi connectivity index (χ3n) is 6.43. The highest BCUT2D eigenvalue weighted by molar-refractivity contribution is 7.94. The Morgan fingerprint density at radius 1 is 1.14 bits per heavy atom. The average Bonchev–Trinajstić information content (AvgIpc) is 3.39. The molecular formula is C25H27F4N5S. The molecule has 1 saturated carbocycles. The van der Waals surface area contributed by atoms with Gasteiger partial charge in [-0.2, -0.15) is 17.1 Å². The van der Waals surface area contributed by atoms with Gasteiger partial charge in [-0.3, -0.25) is 0 Å². The second-order valence-electron chi connectivity index (χ2n) is 8.40. The number of rotatable bonds is 5. The Hall–Kier alpha value is -3.01. The first kappa shape index (κ1) is 25.1. The molecule has 5 nitrogen and oxygen atoms in total. The van der Waals surface area contributed by atoms with E-state index in [1.54, 1.807) is 23.4 Å². The van der Waals surface area contributed by atoms with Crippen molar-refractivity contribution in [2.75, 3.05) is 4.90 Å². The zero-order valence-electron chi connectivity index (χ0n) is 19.8. The molecule has 0 N–H and O–H groups in total. The van der Waals surface area contributed by atoms with E-state index in [1.165, 1.54) is 23.4 Å². The number of anilines is 1. The van der Waals surface area contributed by atoms with E-state index >= 15 is 0 Å². The Morgan fingerprint density at radius 2 is 1.89 bits per heavy atom. The molecule has 0 amide bonds. The summed E-state index contributed by atoms with van der Waals surface area (Å²) >= 11 is 0.105. The zero-order valence-corrected chi connectivity index (χ0v) is 20.6. The van der Waals surface area contributed by atoms with Gasteiger partial charge in [0.2, 0.25) is 0 Å². The van der Waals surface area contributed by atoms with Crippen molar-refractivity contribution < 1.29 is 17.1 Å². The highest BCUT2D eigenvalue weighted by Gasteiger charge is 2.42. The van der Waals surface area contributed by atoms with Crippen LogP contribution in [0.5, 0.6) is 0 Å². The molecule has 2 aliphatic heterocycles. The zero-order chi connectivity index (χ0) is 25.3. The molecule has 1 atom stereocenters. The van der Waals surface area contributed by atoms with Crippen molar-refractivity contribution in [2.24, 2.45) is 13.0 Å². The lowest BCUT2D eigenvalue weighted by atomic mass is 9.72. The molecule has 1 unspecified atom stereocenters. The van der Waals surface area contributed by atoms with Crippen molar-refractivity contribution in [3.63, 3.8) is 0 Å². The van der Waals surface area contributed by atoms with Crippen LogP contribution in [0.25, 0.3) is 0 Å². The molecule has 3 aliphatic rings. The standard InChI is InChI=1S/C23H21F4N5S.C2H6/c1-14-31-8-4-7-19(23(24,25)26)20(31)12-32(14)17-9-16(10-18(11-17)33-27)21(15-5-3-6-15)22-29-28-13-30(22)2;1-2/h4,7-13,15,21H,1,3,5-6H2,2H3;1-2H3. The molecular weight excluding hydrogens is 478 g/mol. The molecule has 35 heavy (non-hydrogen) atoms. The summed E-state index contributed by atoms with van der Waals surface area (Å²) in [6, 6.07) is 5.29. The smallest absolute Gasteiger partial charge is 0.320 e. The van der Waals surface area contributed by atoms with Gasteiger partial charge in [0.1, 0.15) is 18.0 Å². The number of fused-ring (bicyclic) bond motifs is 1. The quantitative estimate of drug-likeness (QED) is 0.402. The average molecular weight is 506 g/mol. The molecule has 1 aromatic heterocycles. The lowest BCUT2D eigenvalue weighted by molar-refractivity contribution is -0.0908. The molecule has 10 heteroatoms. The third kappa shape index (κ3) is 4.63. The van der Waals surface area contributed by atoms with Crippen LogP contribution in [0, 0.1) is 5.92 Å². The van der Waals surface area contributed by atoms with Gasteiger partial charge in [0.25, 0.3) is 0 Å². The summed E-state index contributed by atoms with van der Waals surface area (Å²) in [5, 5.41) is 8.32. The molecule has 186 valence electrons. The fourth-order valence-corrected chi connectivity index (χ4v) is 4.95. The van der Waals surface area contributed by atoms with Crippen LogP contribution in [-0.4, -0.2) is 25.8 Å². The lowest BCUT2D eigenvalue weighted by Crippen LogP contribution is -2.25. The third-order valence-corrected chi connectivity index (χ3v) is 6.85. The Kier molecular flexibility index (Phi) is 7.12.